The first-order valence-corrected chi connectivity index (χ1v) is 7.49. The predicted octanol–water partition coefficient (Wildman–Crippen LogP) is 0.694. The highest BCUT2D eigenvalue weighted by Gasteiger charge is 2.39. The molecule has 0 spiro atoms. The summed E-state index contributed by atoms with van der Waals surface area (Å²) >= 11 is 0. The minimum atomic E-state index is -0.387. The lowest BCUT2D eigenvalue weighted by atomic mass is 9.91. The van der Waals surface area contributed by atoms with E-state index in [1.54, 1.807) is 0 Å². The van der Waals surface area contributed by atoms with E-state index >= 15 is 0 Å². The summed E-state index contributed by atoms with van der Waals surface area (Å²) in [5.74, 6) is 0.109. The number of rotatable bonds is 7. The van der Waals surface area contributed by atoms with Crippen LogP contribution in [0, 0.1) is 0 Å². The first-order valence-electron chi connectivity index (χ1n) is 7.49. The summed E-state index contributed by atoms with van der Waals surface area (Å²) < 4.78 is 0. The maximum atomic E-state index is 12.3. The molecule has 3 N–H and O–H groups in total. The number of nitrogens with one attached hydrogen (secondary N) is 3. The second-order valence-electron chi connectivity index (χ2n) is 5.71. The van der Waals surface area contributed by atoms with E-state index in [0.29, 0.717) is 19.0 Å². The van der Waals surface area contributed by atoms with Crippen LogP contribution < -0.4 is 16.0 Å². The van der Waals surface area contributed by atoms with Crippen molar-refractivity contribution in [2.75, 3.05) is 13.1 Å². The molecule has 1 atom stereocenters. The van der Waals surface area contributed by atoms with Gasteiger partial charge in [-0.25, -0.2) is 0 Å². The number of carbonyl (C=O) groups excluding carboxylic acids is 2. The fourth-order valence-electron chi connectivity index (χ4n) is 2.74. The zero-order valence-electron chi connectivity index (χ0n) is 11.8. The molecule has 1 aliphatic carbocycles. The molecule has 2 aliphatic rings. The van der Waals surface area contributed by atoms with E-state index in [0.717, 1.165) is 45.1 Å². The second-order valence-corrected chi connectivity index (χ2v) is 5.71. The Balaban J connectivity index is 1.71. The van der Waals surface area contributed by atoms with Gasteiger partial charge >= 0.3 is 0 Å². The predicted molar refractivity (Wildman–Crippen MR) is 73.7 cm³/mol. The van der Waals surface area contributed by atoms with Gasteiger partial charge in [-0.15, -0.1) is 0 Å². The van der Waals surface area contributed by atoms with E-state index in [1.807, 2.05) is 0 Å². The van der Waals surface area contributed by atoms with E-state index in [1.165, 1.54) is 0 Å². The van der Waals surface area contributed by atoms with E-state index in [4.69, 9.17) is 0 Å². The third-order valence-electron chi connectivity index (χ3n) is 3.94. The monoisotopic (exact) mass is 267 g/mol. The Labute approximate surface area is 114 Å². The van der Waals surface area contributed by atoms with Gasteiger partial charge in [0.05, 0.1) is 5.54 Å². The minimum Gasteiger partial charge on any atom is -0.354 e. The molecule has 0 aromatic carbocycles. The van der Waals surface area contributed by atoms with Gasteiger partial charge in [-0.3, -0.25) is 9.59 Å². The fourth-order valence-corrected chi connectivity index (χ4v) is 2.74. The van der Waals surface area contributed by atoms with Crippen molar-refractivity contribution in [3.05, 3.63) is 0 Å². The van der Waals surface area contributed by atoms with Gasteiger partial charge in [0.2, 0.25) is 11.8 Å². The Hall–Kier alpha value is -1.10. The van der Waals surface area contributed by atoms with Gasteiger partial charge in [0.25, 0.3) is 0 Å². The molecule has 0 aromatic heterocycles. The molecule has 1 saturated carbocycles. The number of carbonyl (C=O) groups is 2. The van der Waals surface area contributed by atoms with Crippen molar-refractivity contribution in [2.24, 2.45) is 0 Å². The third kappa shape index (κ3) is 3.93. The van der Waals surface area contributed by atoms with Gasteiger partial charge in [-0.2, -0.15) is 0 Å². The molecule has 1 saturated heterocycles. The molecule has 5 nitrogen and oxygen atoms in total. The standard InChI is InChI=1S/C14H25N3O2/c1-2-7-14(8-3-9-16-14)13(19)15-10-6-12(18)17-11-4-5-11/h11,16H,2-10H2,1H3,(H,15,19)(H,17,18). The van der Waals surface area contributed by atoms with Gasteiger partial charge in [0.15, 0.2) is 0 Å². The molecule has 0 aromatic rings. The van der Waals surface area contributed by atoms with E-state index in [2.05, 4.69) is 22.9 Å². The summed E-state index contributed by atoms with van der Waals surface area (Å²) in [7, 11) is 0. The molecule has 5 heteroatoms. The first kappa shape index (κ1) is 14.3. The largest absolute Gasteiger partial charge is 0.354 e. The second kappa shape index (κ2) is 6.37. The molecule has 0 radical (unpaired) electrons. The molecular formula is C14H25N3O2. The average molecular weight is 267 g/mol. The summed E-state index contributed by atoms with van der Waals surface area (Å²) in [4.78, 5) is 23.8. The van der Waals surface area contributed by atoms with Crippen molar-refractivity contribution in [1.29, 1.82) is 0 Å². The van der Waals surface area contributed by atoms with Crippen LogP contribution in [0.4, 0.5) is 0 Å². The lowest BCUT2D eigenvalue weighted by molar-refractivity contribution is -0.127. The molecule has 2 fully saturated rings. The van der Waals surface area contributed by atoms with Gasteiger partial charge in [-0.05, 0) is 38.6 Å². The van der Waals surface area contributed by atoms with Crippen molar-refractivity contribution in [1.82, 2.24) is 16.0 Å². The smallest absolute Gasteiger partial charge is 0.240 e. The van der Waals surface area contributed by atoms with Gasteiger partial charge in [-0.1, -0.05) is 13.3 Å². The van der Waals surface area contributed by atoms with E-state index < -0.39 is 0 Å². The van der Waals surface area contributed by atoms with Crippen LogP contribution >= 0.6 is 0 Å². The summed E-state index contributed by atoms with van der Waals surface area (Å²) in [5.41, 5.74) is -0.387. The van der Waals surface area contributed by atoms with E-state index in [9.17, 15) is 9.59 Å². The first-order chi connectivity index (χ1) is 9.16. The number of amides is 2. The van der Waals surface area contributed by atoms with Crippen LogP contribution in [-0.2, 0) is 9.59 Å². The maximum Gasteiger partial charge on any atom is 0.240 e. The molecular weight excluding hydrogens is 242 g/mol. The Morgan fingerprint density at radius 3 is 2.74 bits per heavy atom. The normalized spacial score (nSPS) is 26.2. The highest BCUT2D eigenvalue weighted by Crippen LogP contribution is 2.24. The van der Waals surface area contributed by atoms with Gasteiger partial charge < -0.3 is 16.0 Å². The average Bonchev–Trinajstić information content (AvgIpc) is 3.05. The Morgan fingerprint density at radius 1 is 1.37 bits per heavy atom. The molecule has 1 aliphatic heterocycles. The zero-order chi connectivity index (χ0) is 13.7. The van der Waals surface area contributed by atoms with Gasteiger partial charge in [0.1, 0.15) is 0 Å². The lowest BCUT2D eigenvalue weighted by Crippen LogP contribution is -2.53. The molecule has 0 bridgehead atoms. The highest BCUT2D eigenvalue weighted by atomic mass is 16.2. The molecule has 1 unspecified atom stereocenters. The Bertz CT molecular complexity index is 334. The molecule has 2 amide bonds. The molecule has 19 heavy (non-hydrogen) atoms. The minimum absolute atomic E-state index is 0.0479. The molecule has 108 valence electrons. The summed E-state index contributed by atoms with van der Waals surface area (Å²) in [6.45, 7) is 3.44. The van der Waals surface area contributed by atoms with Crippen LogP contribution in [0.25, 0.3) is 0 Å². The summed E-state index contributed by atoms with van der Waals surface area (Å²) in [6, 6.07) is 0.395. The maximum absolute atomic E-state index is 12.3. The quantitative estimate of drug-likeness (QED) is 0.636. The van der Waals surface area contributed by atoms with Crippen LogP contribution in [0.5, 0.6) is 0 Å². The van der Waals surface area contributed by atoms with Crippen LogP contribution in [0.15, 0.2) is 0 Å². The summed E-state index contributed by atoms with van der Waals surface area (Å²) in [5, 5.41) is 9.18. The van der Waals surface area contributed by atoms with Crippen molar-refractivity contribution >= 4 is 11.8 Å². The van der Waals surface area contributed by atoms with Crippen LogP contribution in [0.2, 0.25) is 0 Å². The van der Waals surface area contributed by atoms with Crippen molar-refractivity contribution in [3.63, 3.8) is 0 Å². The van der Waals surface area contributed by atoms with Crippen LogP contribution in [-0.4, -0.2) is 36.5 Å². The van der Waals surface area contributed by atoms with Crippen molar-refractivity contribution < 1.29 is 9.59 Å². The fraction of sp³-hybridized carbons (Fsp3) is 0.857. The Kier molecular flexibility index (Phi) is 4.80. The lowest BCUT2D eigenvalue weighted by Gasteiger charge is -2.27. The number of hydrogen-bond acceptors (Lipinski definition) is 3. The highest BCUT2D eigenvalue weighted by molar-refractivity contribution is 5.87. The number of hydrogen-bond donors (Lipinski definition) is 3. The molecule has 1 heterocycles. The summed E-state index contributed by atoms with van der Waals surface area (Å²) in [6.07, 6.45) is 6.39. The van der Waals surface area contributed by atoms with Crippen molar-refractivity contribution in [2.45, 2.75) is 63.5 Å². The Morgan fingerprint density at radius 2 is 2.16 bits per heavy atom. The van der Waals surface area contributed by atoms with Crippen LogP contribution in [0.3, 0.4) is 0 Å². The molecule has 2 rings (SSSR count). The third-order valence-corrected chi connectivity index (χ3v) is 3.94. The van der Waals surface area contributed by atoms with Gasteiger partial charge in [0, 0.05) is 19.0 Å². The van der Waals surface area contributed by atoms with E-state index in [-0.39, 0.29) is 17.4 Å². The van der Waals surface area contributed by atoms with Crippen LogP contribution in [0.1, 0.15) is 51.9 Å². The zero-order valence-corrected chi connectivity index (χ0v) is 11.8. The van der Waals surface area contributed by atoms with Crippen molar-refractivity contribution in [3.8, 4) is 0 Å². The topological polar surface area (TPSA) is 70.2 Å². The SMILES string of the molecule is CCCC1(C(=O)NCCC(=O)NC2CC2)CCCN1.